The molecular formula is C19H26F3NO2. The van der Waals surface area contributed by atoms with E-state index < -0.39 is 11.8 Å². The number of nitrogens with zero attached hydrogens (tertiary/aromatic N) is 1. The van der Waals surface area contributed by atoms with E-state index in [-0.39, 0.29) is 23.6 Å². The number of amides is 1. The van der Waals surface area contributed by atoms with Crippen LogP contribution in [0.3, 0.4) is 0 Å². The van der Waals surface area contributed by atoms with Gasteiger partial charge < -0.3 is 10.0 Å². The molecule has 0 aliphatic heterocycles. The van der Waals surface area contributed by atoms with E-state index in [0.29, 0.717) is 12.5 Å². The molecular weight excluding hydrogens is 331 g/mol. The lowest BCUT2D eigenvalue weighted by atomic mass is 9.92. The van der Waals surface area contributed by atoms with Crippen LogP contribution in [0, 0.1) is 0 Å². The van der Waals surface area contributed by atoms with Gasteiger partial charge >= 0.3 is 6.18 Å². The predicted molar refractivity (Wildman–Crippen MR) is 90.2 cm³/mol. The Morgan fingerprint density at radius 2 is 1.64 bits per heavy atom. The second-order valence-electron chi connectivity index (χ2n) is 7.25. The standard InChI is InChI=1S/C19H26F3NO2/c1-13(2)23(16-7-5-4-6-8-16)17(24)14-9-11-15(12-10-14)18(3,25)19(20,21)22/h9-13,16,25H,4-8H2,1-3H3. The molecule has 1 atom stereocenters. The van der Waals surface area contributed by atoms with Gasteiger partial charge in [0.1, 0.15) is 0 Å². The number of aliphatic hydroxyl groups is 1. The summed E-state index contributed by atoms with van der Waals surface area (Å²) in [5.41, 5.74) is -2.86. The summed E-state index contributed by atoms with van der Waals surface area (Å²) in [5.74, 6) is -0.167. The quantitative estimate of drug-likeness (QED) is 0.853. The fraction of sp³-hybridized carbons (Fsp3) is 0.632. The molecule has 140 valence electrons. The monoisotopic (exact) mass is 357 g/mol. The fourth-order valence-electron chi connectivity index (χ4n) is 3.43. The third-order valence-electron chi connectivity index (χ3n) is 5.00. The minimum Gasteiger partial charge on any atom is -0.376 e. The molecule has 6 heteroatoms. The van der Waals surface area contributed by atoms with Gasteiger partial charge in [0.05, 0.1) is 0 Å². The molecule has 0 radical (unpaired) electrons. The maximum absolute atomic E-state index is 12.9. The molecule has 1 aliphatic carbocycles. The highest BCUT2D eigenvalue weighted by molar-refractivity contribution is 5.94. The number of benzene rings is 1. The van der Waals surface area contributed by atoms with E-state index in [4.69, 9.17) is 0 Å². The second kappa shape index (κ2) is 7.36. The lowest BCUT2D eigenvalue weighted by Gasteiger charge is -2.37. The zero-order valence-electron chi connectivity index (χ0n) is 14.9. The summed E-state index contributed by atoms with van der Waals surface area (Å²) in [6.07, 6.45) is 0.515. The Morgan fingerprint density at radius 3 is 2.08 bits per heavy atom. The molecule has 1 aromatic rings. The zero-order valence-corrected chi connectivity index (χ0v) is 14.9. The number of alkyl halides is 3. The molecule has 1 aromatic carbocycles. The lowest BCUT2D eigenvalue weighted by Crippen LogP contribution is -2.45. The minimum atomic E-state index is -4.77. The van der Waals surface area contributed by atoms with E-state index >= 15 is 0 Å². The Balaban J connectivity index is 2.23. The van der Waals surface area contributed by atoms with E-state index in [1.165, 1.54) is 30.7 Å². The van der Waals surface area contributed by atoms with E-state index in [1.807, 2.05) is 18.7 Å². The summed E-state index contributed by atoms with van der Waals surface area (Å²) >= 11 is 0. The third-order valence-corrected chi connectivity index (χ3v) is 5.00. The molecule has 3 nitrogen and oxygen atoms in total. The highest BCUT2D eigenvalue weighted by atomic mass is 19.4. The summed E-state index contributed by atoms with van der Waals surface area (Å²) in [5, 5.41) is 9.73. The molecule has 25 heavy (non-hydrogen) atoms. The first-order chi connectivity index (χ1) is 11.6. The Morgan fingerprint density at radius 1 is 1.12 bits per heavy atom. The highest BCUT2D eigenvalue weighted by Gasteiger charge is 2.51. The van der Waals surface area contributed by atoms with Crippen molar-refractivity contribution in [2.45, 2.75) is 76.7 Å². The van der Waals surface area contributed by atoms with Gasteiger partial charge in [0, 0.05) is 17.6 Å². The molecule has 1 amide bonds. The smallest absolute Gasteiger partial charge is 0.376 e. The number of carbonyl (C=O) groups is 1. The van der Waals surface area contributed by atoms with Crippen LogP contribution in [0.5, 0.6) is 0 Å². The van der Waals surface area contributed by atoms with Crippen molar-refractivity contribution in [3.05, 3.63) is 35.4 Å². The highest BCUT2D eigenvalue weighted by Crippen LogP contribution is 2.38. The first-order valence-corrected chi connectivity index (χ1v) is 8.78. The summed E-state index contributed by atoms with van der Waals surface area (Å²) in [6.45, 7) is 4.62. The van der Waals surface area contributed by atoms with Crippen molar-refractivity contribution in [3.63, 3.8) is 0 Å². The Kier molecular flexibility index (Phi) is 5.82. The van der Waals surface area contributed by atoms with Crippen LogP contribution in [0.1, 0.15) is 68.8 Å². The number of rotatable bonds is 4. The maximum Gasteiger partial charge on any atom is 0.421 e. The molecule has 0 saturated heterocycles. The molecule has 0 bridgehead atoms. The topological polar surface area (TPSA) is 40.5 Å². The van der Waals surface area contributed by atoms with Crippen molar-refractivity contribution in [1.82, 2.24) is 4.90 Å². The maximum atomic E-state index is 12.9. The third kappa shape index (κ3) is 4.17. The van der Waals surface area contributed by atoms with Crippen molar-refractivity contribution in [3.8, 4) is 0 Å². The molecule has 0 heterocycles. The number of halogens is 3. The average Bonchev–Trinajstić information content (AvgIpc) is 2.54. The van der Waals surface area contributed by atoms with Crippen LogP contribution in [0.25, 0.3) is 0 Å². The van der Waals surface area contributed by atoms with Gasteiger partial charge in [-0.1, -0.05) is 31.4 Å². The van der Waals surface area contributed by atoms with Gasteiger partial charge in [-0.15, -0.1) is 0 Å². The van der Waals surface area contributed by atoms with Crippen LogP contribution in [0.4, 0.5) is 13.2 Å². The van der Waals surface area contributed by atoms with Gasteiger partial charge in [0.15, 0.2) is 5.60 Å². The normalized spacial score (nSPS) is 18.9. The van der Waals surface area contributed by atoms with Gasteiger partial charge in [-0.25, -0.2) is 0 Å². The van der Waals surface area contributed by atoms with Crippen molar-refractivity contribution < 1.29 is 23.1 Å². The molecule has 0 spiro atoms. The van der Waals surface area contributed by atoms with E-state index in [1.54, 1.807) is 0 Å². The van der Waals surface area contributed by atoms with Crippen LogP contribution in [-0.4, -0.2) is 34.2 Å². The van der Waals surface area contributed by atoms with Crippen molar-refractivity contribution >= 4 is 5.91 Å². The molecule has 1 fully saturated rings. The van der Waals surface area contributed by atoms with Crippen LogP contribution >= 0.6 is 0 Å². The fourth-order valence-corrected chi connectivity index (χ4v) is 3.43. The molecule has 2 rings (SSSR count). The lowest BCUT2D eigenvalue weighted by molar-refractivity contribution is -0.258. The number of hydrogen-bond acceptors (Lipinski definition) is 2. The molecule has 1 unspecified atom stereocenters. The molecule has 1 saturated carbocycles. The Hall–Kier alpha value is -1.56. The Labute approximate surface area is 146 Å². The molecule has 1 aliphatic rings. The van der Waals surface area contributed by atoms with Crippen LogP contribution in [0.15, 0.2) is 24.3 Å². The van der Waals surface area contributed by atoms with E-state index in [0.717, 1.165) is 25.7 Å². The van der Waals surface area contributed by atoms with Gasteiger partial charge in [0.25, 0.3) is 5.91 Å². The second-order valence-corrected chi connectivity index (χ2v) is 7.25. The zero-order chi connectivity index (χ0) is 18.8. The molecule has 1 N–H and O–H groups in total. The first-order valence-electron chi connectivity index (χ1n) is 8.78. The van der Waals surface area contributed by atoms with Crippen LogP contribution in [-0.2, 0) is 5.60 Å². The predicted octanol–water partition coefficient (Wildman–Crippen LogP) is 4.64. The van der Waals surface area contributed by atoms with Gasteiger partial charge in [0.2, 0.25) is 0 Å². The van der Waals surface area contributed by atoms with E-state index in [2.05, 4.69) is 0 Å². The van der Waals surface area contributed by atoms with Crippen LogP contribution < -0.4 is 0 Å². The summed E-state index contributed by atoms with van der Waals surface area (Å²) < 4.78 is 38.8. The average molecular weight is 357 g/mol. The van der Waals surface area contributed by atoms with Crippen molar-refractivity contribution in [1.29, 1.82) is 0 Å². The van der Waals surface area contributed by atoms with Gasteiger partial charge in [-0.05, 0) is 51.3 Å². The first kappa shape index (κ1) is 19.8. The van der Waals surface area contributed by atoms with Crippen molar-refractivity contribution in [2.75, 3.05) is 0 Å². The number of carbonyl (C=O) groups excluding carboxylic acids is 1. The summed E-state index contributed by atoms with van der Waals surface area (Å²) in [7, 11) is 0. The Bertz CT molecular complexity index is 588. The van der Waals surface area contributed by atoms with E-state index in [9.17, 15) is 23.1 Å². The number of hydrogen-bond donors (Lipinski definition) is 1. The van der Waals surface area contributed by atoms with Gasteiger partial charge in [-0.2, -0.15) is 13.2 Å². The van der Waals surface area contributed by atoms with Crippen molar-refractivity contribution in [2.24, 2.45) is 0 Å². The van der Waals surface area contributed by atoms with Crippen LogP contribution in [0.2, 0.25) is 0 Å². The largest absolute Gasteiger partial charge is 0.421 e. The summed E-state index contributed by atoms with van der Waals surface area (Å²) in [6, 6.07) is 5.31. The SMILES string of the molecule is CC(C)N(C(=O)c1ccc(C(C)(O)C(F)(F)F)cc1)C1CCCCC1. The minimum absolute atomic E-state index is 0.0218. The molecule has 0 aromatic heterocycles. The van der Waals surface area contributed by atoms with Gasteiger partial charge in [-0.3, -0.25) is 4.79 Å². The summed E-state index contributed by atoms with van der Waals surface area (Å²) in [4.78, 5) is 14.7.